The topological polar surface area (TPSA) is 129 Å². The SMILES string of the molecule is O=C(O)CCc1cn(-c2ccc3c(c2)N(O)C(C(=O)O)C3)nn1. The molecule has 2 aromatic rings. The molecule has 3 rings (SSSR count). The zero-order valence-corrected chi connectivity index (χ0v) is 12.0. The Balaban J connectivity index is 1.84. The van der Waals surface area contributed by atoms with E-state index < -0.39 is 18.0 Å². The highest BCUT2D eigenvalue weighted by Gasteiger charge is 2.34. The molecule has 0 saturated heterocycles. The number of nitrogens with zero attached hydrogens (tertiary/aromatic N) is 4. The van der Waals surface area contributed by atoms with Crippen LogP contribution in [0.3, 0.4) is 0 Å². The lowest BCUT2D eigenvalue weighted by molar-refractivity contribution is -0.140. The minimum Gasteiger partial charge on any atom is -0.481 e. The number of aliphatic carboxylic acids is 2. The van der Waals surface area contributed by atoms with Gasteiger partial charge < -0.3 is 10.2 Å². The average molecular weight is 318 g/mol. The van der Waals surface area contributed by atoms with Crippen molar-refractivity contribution < 1.29 is 25.0 Å². The smallest absolute Gasteiger partial charge is 0.329 e. The summed E-state index contributed by atoms with van der Waals surface area (Å²) in [5.41, 5.74) is 2.28. The molecule has 0 aliphatic carbocycles. The minimum absolute atomic E-state index is 0.0341. The van der Waals surface area contributed by atoms with Crippen LogP contribution < -0.4 is 5.06 Å². The second kappa shape index (κ2) is 5.69. The summed E-state index contributed by atoms with van der Waals surface area (Å²) in [6, 6.07) is 4.10. The summed E-state index contributed by atoms with van der Waals surface area (Å²) in [4.78, 5) is 21.7. The highest BCUT2D eigenvalue weighted by atomic mass is 16.5. The number of rotatable bonds is 5. The summed E-state index contributed by atoms with van der Waals surface area (Å²) in [5, 5.41) is 36.3. The molecule has 1 atom stereocenters. The summed E-state index contributed by atoms with van der Waals surface area (Å²) < 4.78 is 1.46. The first-order valence-corrected chi connectivity index (χ1v) is 6.93. The Kier molecular flexibility index (Phi) is 3.70. The molecule has 0 saturated carbocycles. The maximum Gasteiger partial charge on any atom is 0.329 e. The largest absolute Gasteiger partial charge is 0.481 e. The summed E-state index contributed by atoms with van der Waals surface area (Å²) in [5.74, 6) is -2.00. The third kappa shape index (κ3) is 2.86. The van der Waals surface area contributed by atoms with Crippen molar-refractivity contribution in [3.05, 3.63) is 35.7 Å². The highest BCUT2D eigenvalue weighted by Crippen LogP contribution is 2.32. The first-order valence-electron chi connectivity index (χ1n) is 6.93. The van der Waals surface area contributed by atoms with Crippen molar-refractivity contribution in [1.29, 1.82) is 0 Å². The van der Waals surface area contributed by atoms with Gasteiger partial charge in [0.05, 0.1) is 29.7 Å². The number of hydrogen-bond acceptors (Lipinski definition) is 6. The van der Waals surface area contributed by atoms with Crippen LogP contribution in [-0.2, 0) is 22.4 Å². The molecule has 9 nitrogen and oxygen atoms in total. The van der Waals surface area contributed by atoms with Crippen molar-refractivity contribution >= 4 is 17.6 Å². The van der Waals surface area contributed by atoms with E-state index in [1.165, 1.54) is 4.68 Å². The number of hydroxylamine groups is 1. The molecule has 1 aliphatic rings. The lowest BCUT2D eigenvalue weighted by Crippen LogP contribution is -2.35. The van der Waals surface area contributed by atoms with Crippen molar-refractivity contribution in [3.63, 3.8) is 0 Å². The maximum absolute atomic E-state index is 11.1. The molecule has 0 spiro atoms. The van der Waals surface area contributed by atoms with Gasteiger partial charge in [-0.25, -0.2) is 14.5 Å². The lowest BCUT2D eigenvalue weighted by Gasteiger charge is -2.16. The molecule has 0 bridgehead atoms. The molecule has 2 heterocycles. The number of carbonyl (C=O) groups is 2. The van der Waals surface area contributed by atoms with Crippen molar-refractivity contribution in [1.82, 2.24) is 15.0 Å². The van der Waals surface area contributed by atoms with Gasteiger partial charge in [-0.15, -0.1) is 5.10 Å². The fourth-order valence-corrected chi connectivity index (χ4v) is 2.51. The molecule has 0 amide bonds. The van der Waals surface area contributed by atoms with Crippen LogP contribution in [0.15, 0.2) is 24.4 Å². The van der Waals surface area contributed by atoms with Crippen molar-refractivity contribution in [2.75, 3.05) is 5.06 Å². The second-order valence-corrected chi connectivity index (χ2v) is 5.26. The standard InChI is InChI=1S/C14H14N4O5/c19-13(20)4-2-9-7-17(16-15-9)10-3-1-8-5-12(14(21)22)18(23)11(8)6-10/h1,3,6-7,12,23H,2,4-5H2,(H,19,20)(H,21,22). The number of fused-ring (bicyclic) bond motifs is 1. The number of hydrogen-bond donors (Lipinski definition) is 3. The Hall–Kier alpha value is -2.94. The van der Waals surface area contributed by atoms with Crippen molar-refractivity contribution in [2.45, 2.75) is 25.3 Å². The van der Waals surface area contributed by atoms with Gasteiger partial charge in [-0.3, -0.25) is 10.0 Å². The van der Waals surface area contributed by atoms with E-state index in [2.05, 4.69) is 10.3 Å². The fourth-order valence-electron chi connectivity index (χ4n) is 2.51. The van der Waals surface area contributed by atoms with E-state index in [4.69, 9.17) is 10.2 Å². The molecular weight excluding hydrogens is 304 g/mol. The number of aromatic nitrogens is 3. The van der Waals surface area contributed by atoms with Gasteiger partial charge in [-0.05, 0) is 17.7 Å². The highest BCUT2D eigenvalue weighted by molar-refractivity contribution is 5.81. The van der Waals surface area contributed by atoms with E-state index in [-0.39, 0.29) is 19.3 Å². The van der Waals surface area contributed by atoms with Crippen LogP contribution in [0.25, 0.3) is 5.69 Å². The zero-order valence-electron chi connectivity index (χ0n) is 12.0. The van der Waals surface area contributed by atoms with Gasteiger partial charge in [0, 0.05) is 12.8 Å². The summed E-state index contributed by atoms with van der Waals surface area (Å²) >= 11 is 0. The molecule has 1 unspecified atom stereocenters. The Morgan fingerprint density at radius 1 is 1.30 bits per heavy atom. The number of carboxylic acid groups (broad SMARTS) is 2. The number of carboxylic acids is 2. The van der Waals surface area contributed by atoms with E-state index in [1.807, 2.05) is 0 Å². The molecule has 1 aliphatic heterocycles. The van der Waals surface area contributed by atoms with Crippen LogP contribution in [0, 0.1) is 0 Å². The maximum atomic E-state index is 11.1. The molecule has 0 fully saturated rings. The summed E-state index contributed by atoms with van der Waals surface area (Å²) in [7, 11) is 0. The molecule has 9 heteroatoms. The second-order valence-electron chi connectivity index (χ2n) is 5.26. The average Bonchev–Trinajstić information content (AvgIpc) is 3.10. The van der Waals surface area contributed by atoms with Crippen molar-refractivity contribution in [3.8, 4) is 5.69 Å². The molecule has 1 aromatic heterocycles. The van der Waals surface area contributed by atoms with Gasteiger partial charge in [-0.1, -0.05) is 11.3 Å². The molecule has 3 N–H and O–H groups in total. The van der Waals surface area contributed by atoms with Gasteiger partial charge in [-0.2, -0.15) is 0 Å². The molecular formula is C14H14N4O5. The fraction of sp³-hybridized carbons (Fsp3) is 0.286. The third-order valence-corrected chi connectivity index (χ3v) is 3.71. The van der Waals surface area contributed by atoms with Crippen molar-refractivity contribution in [2.24, 2.45) is 0 Å². The summed E-state index contributed by atoms with van der Waals surface area (Å²) in [6.07, 6.45) is 2.07. The van der Waals surface area contributed by atoms with Gasteiger partial charge in [0.25, 0.3) is 0 Å². The predicted octanol–water partition coefficient (Wildman–Crippen LogP) is 0.489. The number of benzene rings is 1. The molecule has 0 radical (unpaired) electrons. The Labute approximate surface area is 130 Å². The molecule has 1 aromatic carbocycles. The van der Waals surface area contributed by atoms with E-state index in [9.17, 15) is 14.8 Å². The molecule has 23 heavy (non-hydrogen) atoms. The van der Waals surface area contributed by atoms with E-state index in [0.29, 0.717) is 17.1 Å². The zero-order chi connectivity index (χ0) is 16.6. The lowest BCUT2D eigenvalue weighted by atomic mass is 10.1. The van der Waals surface area contributed by atoms with Gasteiger partial charge in [0.2, 0.25) is 0 Å². The van der Waals surface area contributed by atoms with Crippen LogP contribution in [0.2, 0.25) is 0 Å². The van der Waals surface area contributed by atoms with E-state index >= 15 is 0 Å². The minimum atomic E-state index is -1.10. The Morgan fingerprint density at radius 3 is 2.78 bits per heavy atom. The number of aryl methyl sites for hydroxylation is 1. The quantitative estimate of drug-likeness (QED) is 0.726. The Morgan fingerprint density at radius 2 is 2.09 bits per heavy atom. The van der Waals surface area contributed by atoms with Crippen LogP contribution in [0.5, 0.6) is 0 Å². The van der Waals surface area contributed by atoms with Crippen LogP contribution >= 0.6 is 0 Å². The van der Waals surface area contributed by atoms with Gasteiger partial charge in [0.1, 0.15) is 0 Å². The summed E-state index contributed by atoms with van der Waals surface area (Å²) in [6.45, 7) is 0. The van der Waals surface area contributed by atoms with E-state index in [1.54, 1.807) is 24.4 Å². The normalized spacial score (nSPS) is 16.4. The van der Waals surface area contributed by atoms with Crippen LogP contribution in [0.1, 0.15) is 17.7 Å². The first kappa shape index (κ1) is 15.0. The van der Waals surface area contributed by atoms with E-state index in [0.717, 1.165) is 10.6 Å². The number of anilines is 1. The first-order chi connectivity index (χ1) is 11.0. The Bertz CT molecular complexity index is 772. The third-order valence-electron chi connectivity index (χ3n) is 3.71. The van der Waals surface area contributed by atoms with Crippen LogP contribution in [-0.4, -0.2) is 48.4 Å². The molecule has 120 valence electrons. The monoisotopic (exact) mass is 318 g/mol. The van der Waals surface area contributed by atoms with Gasteiger partial charge >= 0.3 is 11.9 Å². The predicted molar refractivity (Wildman–Crippen MR) is 76.7 cm³/mol. The van der Waals surface area contributed by atoms with Gasteiger partial charge in [0.15, 0.2) is 6.04 Å². The van der Waals surface area contributed by atoms with Crippen LogP contribution in [0.4, 0.5) is 5.69 Å².